The fourth-order valence-electron chi connectivity index (χ4n) is 6.00. The van der Waals surface area contributed by atoms with Crippen LogP contribution in [0.5, 0.6) is 0 Å². The number of anilines is 1. The Morgan fingerprint density at radius 1 is 1.06 bits per heavy atom. The smallest absolute Gasteiger partial charge is 0.250 e. The average molecular weight is 523 g/mol. The van der Waals surface area contributed by atoms with Gasteiger partial charge in [0, 0.05) is 39.9 Å². The maximum absolute atomic E-state index is 14.1. The molecule has 0 aromatic heterocycles. The van der Waals surface area contributed by atoms with Crippen molar-refractivity contribution in [3.63, 3.8) is 0 Å². The fraction of sp³-hybridized carbons (Fsp3) is 0.214. The lowest BCUT2D eigenvalue weighted by atomic mass is 9.70. The predicted octanol–water partition coefficient (Wildman–Crippen LogP) is 5.84. The van der Waals surface area contributed by atoms with E-state index < -0.39 is 11.5 Å². The average Bonchev–Trinajstić information content (AvgIpc) is 3.52. The molecule has 1 N–H and O–H groups in total. The Labute approximate surface area is 216 Å². The van der Waals surface area contributed by atoms with Gasteiger partial charge in [-0.1, -0.05) is 48.0 Å². The molecule has 36 heavy (non-hydrogen) atoms. The van der Waals surface area contributed by atoms with Crippen LogP contribution in [0.1, 0.15) is 22.6 Å². The number of carbonyl (C=O) groups excluding carboxylic acids is 2. The van der Waals surface area contributed by atoms with Gasteiger partial charge in [-0.05, 0) is 53.6 Å². The molecule has 2 saturated heterocycles. The van der Waals surface area contributed by atoms with Gasteiger partial charge >= 0.3 is 0 Å². The van der Waals surface area contributed by atoms with E-state index in [9.17, 15) is 18.4 Å². The maximum Gasteiger partial charge on any atom is 0.250 e. The highest BCUT2D eigenvalue weighted by Gasteiger charge is 2.69. The molecule has 0 saturated carbocycles. The summed E-state index contributed by atoms with van der Waals surface area (Å²) in [7, 11) is 0. The van der Waals surface area contributed by atoms with Gasteiger partial charge in [-0.3, -0.25) is 14.5 Å². The van der Waals surface area contributed by atoms with Crippen molar-refractivity contribution in [2.24, 2.45) is 5.92 Å². The topological polar surface area (TPSA) is 49.4 Å². The van der Waals surface area contributed by atoms with Gasteiger partial charge in [-0.25, -0.2) is 8.78 Å². The van der Waals surface area contributed by atoms with E-state index in [0.717, 1.165) is 16.9 Å². The second kappa shape index (κ2) is 8.83. The van der Waals surface area contributed by atoms with Crippen molar-refractivity contribution in [3.05, 3.63) is 106 Å². The first-order chi connectivity index (χ1) is 17.4. The SMILES string of the molecule is O=C(/C=C/c1ccc(F)cc1)[C@H]1[C@H](c2ccc(F)cc2)[C@H]2CSCN2[C@]12C(=O)Nc1cc(Cl)ccc12. The summed E-state index contributed by atoms with van der Waals surface area (Å²) < 4.78 is 27.2. The van der Waals surface area contributed by atoms with Crippen LogP contribution in [0.3, 0.4) is 0 Å². The molecule has 0 radical (unpaired) electrons. The number of nitrogens with one attached hydrogen (secondary N) is 1. The van der Waals surface area contributed by atoms with Crippen molar-refractivity contribution in [1.82, 2.24) is 4.90 Å². The number of allylic oxidation sites excluding steroid dienone is 1. The van der Waals surface area contributed by atoms with E-state index in [2.05, 4.69) is 10.2 Å². The zero-order valence-corrected chi connectivity index (χ0v) is 20.5. The molecule has 1 spiro atoms. The summed E-state index contributed by atoms with van der Waals surface area (Å²) in [6.45, 7) is 0. The highest BCUT2D eigenvalue weighted by Crippen LogP contribution is 2.61. The number of amides is 1. The second-order valence-corrected chi connectivity index (χ2v) is 10.7. The normalized spacial score (nSPS) is 27.0. The third-order valence-electron chi connectivity index (χ3n) is 7.45. The number of hydrogen-bond acceptors (Lipinski definition) is 4. The molecule has 8 heteroatoms. The summed E-state index contributed by atoms with van der Waals surface area (Å²) in [4.78, 5) is 30.1. The summed E-state index contributed by atoms with van der Waals surface area (Å²) in [6, 6.07) is 17.2. The van der Waals surface area contributed by atoms with Crippen LogP contribution in [0.2, 0.25) is 5.02 Å². The quantitative estimate of drug-likeness (QED) is 0.438. The number of fused-ring (bicyclic) bond motifs is 4. The largest absolute Gasteiger partial charge is 0.324 e. The van der Waals surface area contributed by atoms with Crippen LogP contribution >= 0.6 is 23.4 Å². The van der Waals surface area contributed by atoms with Gasteiger partial charge < -0.3 is 5.32 Å². The van der Waals surface area contributed by atoms with Crippen LogP contribution < -0.4 is 5.32 Å². The molecule has 1 amide bonds. The molecular weight excluding hydrogens is 502 g/mol. The Balaban J connectivity index is 1.52. The third kappa shape index (κ3) is 3.52. The van der Waals surface area contributed by atoms with Crippen LogP contribution in [0.15, 0.2) is 72.8 Å². The van der Waals surface area contributed by atoms with Gasteiger partial charge in [0.25, 0.3) is 0 Å². The molecule has 0 bridgehead atoms. The summed E-state index contributed by atoms with van der Waals surface area (Å²) in [5, 5.41) is 3.47. The first-order valence-corrected chi connectivity index (χ1v) is 13.1. The minimum Gasteiger partial charge on any atom is -0.324 e. The maximum atomic E-state index is 14.1. The van der Waals surface area contributed by atoms with E-state index in [4.69, 9.17) is 11.6 Å². The van der Waals surface area contributed by atoms with Gasteiger partial charge in [-0.2, -0.15) is 0 Å². The molecule has 182 valence electrons. The number of thioether (sulfide) groups is 1. The Morgan fingerprint density at radius 3 is 2.47 bits per heavy atom. The van der Waals surface area contributed by atoms with E-state index in [1.54, 1.807) is 54.2 Å². The molecule has 4 atom stereocenters. The molecule has 3 aliphatic rings. The molecule has 3 aliphatic heterocycles. The van der Waals surface area contributed by atoms with Crippen molar-refractivity contribution >= 4 is 46.8 Å². The van der Waals surface area contributed by atoms with Crippen LogP contribution in [0.4, 0.5) is 14.5 Å². The van der Waals surface area contributed by atoms with E-state index in [1.807, 2.05) is 6.07 Å². The highest BCUT2D eigenvalue weighted by atomic mass is 35.5. The molecular formula is C28H21ClF2N2O2S. The number of carbonyl (C=O) groups is 2. The number of nitrogens with zero attached hydrogens (tertiary/aromatic N) is 1. The van der Waals surface area contributed by atoms with Crippen LogP contribution in [-0.4, -0.2) is 34.3 Å². The van der Waals surface area contributed by atoms with E-state index in [1.165, 1.54) is 30.3 Å². The van der Waals surface area contributed by atoms with Crippen molar-refractivity contribution in [2.45, 2.75) is 17.5 Å². The third-order valence-corrected chi connectivity index (χ3v) is 8.73. The minimum absolute atomic E-state index is 0.0963. The summed E-state index contributed by atoms with van der Waals surface area (Å²) >= 11 is 7.95. The van der Waals surface area contributed by atoms with Gasteiger partial charge in [0.05, 0.1) is 5.92 Å². The lowest BCUT2D eigenvalue weighted by molar-refractivity contribution is -0.134. The van der Waals surface area contributed by atoms with E-state index in [0.29, 0.717) is 22.2 Å². The van der Waals surface area contributed by atoms with Gasteiger partial charge in [0.15, 0.2) is 5.78 Å². The molecule has 2 fully saturated rings. The van der Waals surface area contributed by atoms with Crippen molar-refractivity contribution in [1.29, 1.82) is 0 Å². The lowest BCUT2D eigenvalue weighted by Crippen LogP contribution is -2.52. The number of hydrogen-bond donors (Lipinski definition) is 1. The lowest BCUT2D eigenvalue weighted by Gasteiger charge is -2.36. The van der Waals surface area contributed by atoms with Gasteiger partial charge in [0.2, 0.25) is 5.91 Å². The number of ketones is 1. The molecule has 0 unspecified atom stereocenters. The number of benzene rings is 3. The summed E-state index contributed by atoms with van der Waals surface area (Å²) in [6.07, 6.45) is 3.12. The molecule has 6 rings (SSSR count). The highest BCUT2D eigenvalue weighted by molar-refractivity contribution is 7.99. The second-order valence-electron chi connectivity index (χ2n) is 9.29. The summed E-state index contributed by atoms with van der Waals surface area (Å²) in [5.74, 6) is -0.959. The monoisotopic (exact) mass is 522 g/mol. The Bertz CT molecular complexity index is 1400. The van der Waals surface area contributed by atoms with E-state index >= 15 is 0 Å². The minimum atomic E-state index is -1.22. The van der Waals surface area contributed by atoms with Gasteiger partial charge in [-0.15, -0.1) is 11.8 Å². The fourth-order valence-corrected chi connectivity index (χ4v) is 7.50. The predicted molar refractivity (Wildman–Crippen MR) is 138 cm³/mol. The Kier molecular flexibility index (Phi) is 5.74. The molecule has 3 heterocycles. The van der Waals surface area contributed by atoms with Crippen LogP contribution in [-0.2, 0) is 15.1 Å². The first kappa shape index (κ1) is 23.4. The molecule has 3 aromatic carbocycles. The number of halogens is 3. The zero-order valence-electron chi connectivity index (χ0n) is 19.0. The van der Waals surface area contributed by atoms with E-state index in [-0.39, 0.29) is 35.3 Å². The van der Waals surface area contributed by atoms with Crippen molar-refractivity contribution in [3.8, 4) is 0 Å². The first-order valence-electron chi connectivity index (χ1n) is 11.6. The molecule has 4 nitrogen and oxygen atoms in total. The van der Waals surface area contributed by atoms with Crippen LogP contribution in [0, 0.1) is 17.6 Å². The Hall–Kier alpha value is -3.00. The standard InChI is InChI=1S/C28H21ClF2N2O2S/c29-18-6-11-21-22(13-18)32-27(35)28(21)26(24(34)12-3-16-1-7-19(30)8-2-16)25(23-14-36-15-33(23)28)17-4-9-20(31)10-5-17/h1-13,23,25-26H,14-15H2,(H,32,35)/b12-3+/t23-,25-,26+,28+/m1/s1. The molecule has 0 aliphatic carbocycles. The van der Waals surface area contributed by atoms with Gasteiger partial charge in [0.1, 0.15) is 17.2 Å². The molecule has 3 aromatic rings. The van der Waals surface area contributed by atoms with Crippen LogP contribution in [0.25, 0.3) is 6.08 Å². The Morgan fingerprint density at radius 2 is 1.75 bits per heavy atom. The zero-order chi connectivity index (χ0) is 25.0. The summed E-state index contributed by atoms with van der Waals surface area (Å²) in [5.41, 5.74) is 1.59. The van der Waals surface area contributed by atoms with Crippen molar-refractivity contribution < 1.29 is 18.4 Å². The van der Waals surface area contributed by atoms with Crippen molar-refractivity contribution in [2.75, 3.05) is 16.9 Å². The number of rotatable bonds is 4.